The van der Waals surface area contributed by atoms with Crippen molar-refractivity contribution < 1.29 is 5.11 Å². The van der Waals surface area contributed by atoms with Crippen LogP contribution in [-0.4, -0.2) is 53.3 Å². The van der Waals surface area contributed by atoms with Crippen LogP contribution in [0.2, 0.25) is 5.02 Å². The minimum absolute atomic E-state index is 0.0575. The van der Waals surface area contributed by atoms with Gasteiger partial charge in [-0.1, -0.05) is 17.1 Å². The van der Waals surface area contributed by atoms with E-state index in [-0.39, 0.29) is 23.2 Å². The maximum absolute atomic E-state index is 12.8. The molecular weight excluding hydrogens is 338 g/mol. The Hall–Kier alpha value is -1.41. The van der Waals surface area contributed by atoms with Gasteiger partial charge < -0.3 is 15.7 Å². The monoisotopic (exact) mass is 358 g/mol. The molecule has 2 aliphatic rings. The molecule has 0 saturated carbocycles. The van der Waals surface area contributed by atoms with Crippen molar-refractivity contribution in [3.05, 3.63) is 33.8 Å². The molecule has 1 aromatic heterocycles. The quantitative estimate of drug-likeness (QED) is 0.515. The van der Waals surface area contributed by atoms with Crippen molar-refractivity contribution in [1.29, 1.82) is 0 Å². The molecule has 4 rings (SSSR count). The number of hydrogen-bond donors (Lipinski definition) is 3. The summed E-state index contributed by atoms with van der Waals surface area (Å²) in [6.07, 6.45) is 3.83. The maximum atomic E-state index is 12.8. The number of nitrogens with one attached hydrogen (secondary N) is 2. The fraction of sp³-hybridized carbons (Fsp3) is 0.529. The fourth-order valence-electron chi connectivity index (χ4n) is 3.64. The molecule has 0 spiro atoms. The largest absolute Gasteiger partial charge is 0.392 e. The highest BCUT2D eigenvalue weighted by molar-refractivity contribution is 6.45. The standard InChI is InChI=1S/C17H20BClN4O2/c18-11-5-13-10(4-12(11)19)16(25)23(9-21-13)8-17(7-22-17)6-14-15(24)2-1-3-20-14/h4-5,9,14-15,20,22,24H,1-3,6-8H2. The summed E-state index contributed by atoms with van der Waals surface area (Å²) in [4.78, 5) is 17.1. The molecule has 0 amide bonds. The highest BCUT2D eigenvalue weighted by Crippen LogP contribution is 2.28. The molecule has 0 bridgehead atoms. The SMILES string of the molecule is [B]c1cc2ncn(CC3(CC4NCCCC4O)CN3)c(=O)c2cc1Cl. The Kier molecular flexibility index (Phi) is 4.36. The number of nitrogens with zero attached hydrogens (tertiary/aromatic N) is 2. The van der Waals surface area contributed by atoms with Gasteiger partial charge >= 0.3 is 0 Å². The molecule has 25 heavy (non-hydrogen) atoms. The van der Waals surface area contributed by atoms with Crippen LogP contribution < -0.4 is 21.7 Å². The number of aromatic nitrogens is 2. The van der Waals surface area contributed by atoms with Crippen LogP contribution in [0.1, 0.15) is 19.3 Å². The van der Waals surface area contributed by atoms with E-state index in [0.29, 0.717) is 27.9 Å². The van der Waals surface area contributed by atoms with E-state index >= 15 is 0 Å². The van der Waals surface area contributed by atoms with Crippen molar-refractivity contribution in [3.63, 3.8) is 0 Å². The molecule has 2 fully saturated rings. The van der Waals surface area contributed by atoms with Gasteiger partial charge in [-0.25, -0.2) is 4.98 Å². The second-order valence-electron chi connectivity index (χ2n) is 7.18. The fourth-order valence-corrected chi connectivity index (χ4v) is 3.81. The number of hydrogen-bond acceptors (Lipinski definition) is 5. The van der Waals surface area contributed by atoms with Crippen molar-refractivity contribution in [2.24, 2.45) is 0 Å². The van der Waals surface area contributed by atoms with E-state index in [1.54, 1.807) is 23.0 Å². The molecule has 2 aliphatic heterocycles. The summed E-state index contributed by atoms with van der Waals surface area (Å²) in [5, 5.41) is 17.8. The summed E-state index contributed by atoms with van der Waals surface area (Å²) in [7, 11) is 5.78. The first-order chi connectivity index (χ1) is 12.0. The van der Waals surface area contributed by atoms with Crippen LogP contribution in [0.25, 0.3) is 10.9 Å². The predicted molar refractivity (Wildman–Crippen MR) is 98.8 cm³/mol. The number of fused-ring (bicyclic) bond motifs is 1. The first-order valence-corrected chi connectivity index (χ1v) is 8.96. The summed E-state index contributed by atoms with van der Waals surface area (Å²) < 4.78 is 1.62. The van der Waals surface area contributed by atoms with Gasteiger partial charge in [0, 0.05) is 24.2 Å². The van der Waals surface area contributed by atoms with E-state index < -0.39 is 0 Å². The molecule has 6 nitrogen and oxygen atoms in total. The summed E-state index contributed by atoms with van der Waals surface area (Å²) in [6.45, 7) is 2.27. The van der Waals surface area contributed by atoms with E-state index in [0.717, 1.165) is 32.4 Å². The topological polar surface area (TPSA) is 89.1 Å². The van der Waals surface area contributed by atoms with Gasteiger partial charge in [0.1, 0.15) is 7.85 Å². The van der Waals surface area contributed by atoms with Crippen molar-refractivity contribution in [2.45, 2.75) is 43.5 Å². The molecule has 3 unspecified atom stereocenters. The van der Waals surface area contributed by atoms with Crippen LogP contribution >= 0.6 is 11.6 Å². The summed E-state index contributed by atoms with van der Waals surface area (Å²) in [6, 6.07) is 3.26. The summed E-state index contributed by atoms with van der Waals surface area (Å²) >= 11 is 6.05. The summed E-state index contributed by atoms with van der Waals surface area (Å²) in [5.74, 6) is 0. The Morgan fingerprint density at radius 3 is 3.00 bits per heavy atom. The molecule has 1 aromatic carbocycles. The lowest BCUT2D eigenvalue weighted by atomic mass is 9.91. The van der Waals surface area contributed by atoms with E-state index in [1.807, 2.05) is 0 Å². The number of benzene rings is 1. The Morgan fingerprint density at radius 1 is 1.48 bits per heavy atom. The third-order valence-electron chi connectivity index (χ3n) is 5.25. The van der Waals surface area contributed by atoms with E-state index in [4.69, 9.17) is 19.4 Å². The molecule has 130 valence electrons. The van der Waals surface area contributed by atoms with Gasteiger partial charge in [0.25, 0.3) is 5.56 Å². The van der Waals surface area contributed by atoms with Crippen molar-refractivity contribution in [2.75, 3.05) is 13.1 Å². The van der Waals surface area contributed by atoms with Crippen LogP contribution in [0, 0.1) is 0 Å². The lowest BCUT2D eigenvalue weighted by Crippen LogP contribution is -2.48. The molecule has 3 atom stereocenters. The number of rotatable bonds is 4. The normalized spacial score (nSPS) is 29.0. The van der Waals surface area contributed by atoms with Crippen molar-refractivity contribution in [3.8, 4) is 0 Å². The second kappa shape index (κ2) is 6.39. The Morgan fingerprint density at radius 2 is 2.28 bits per heavy atom. The average Bonchev–Trinajstić information content (AvgIpc) is 3.34. The van der Waals surface area contributed by atoms with Crippen LogP contribution in [0.15, 0.2) is 23.3 Å². The Balaban J connectivity index is 1.59. The van der Waals surface area contributed by atoms with Gasteiger partial charge in [0.2, 0.25) is 0 Å². The number of aliphatic hydroxyl groups excluding tert-OH is 1. The van der Waals surface area contributed by atoms with Crippen LogP contribution in [0.3, 0.4) is 0 Å². The van der Waals surface area contributed by atoms with Crippen molar-refractivity contribution >= 4 is 35.8 Å². The van der Waals surface area contributed by atoms with E-state index in [9.17, 15) is 9.90 Å². The van der Waals surface area contributed by atoms with Gasteiger partial charge in [-0.15, -0.1) is 0 Å². The van der Waals surface area contributed by atoms with Crippen molar-refractivity contribution in [1.82, 2.24) is 20.2 Å². The zero-order valence-corrected chi connectivity index (χ0v) is 14.6. The molecule has 8 heteroatoms. The van der Waals surface area contributed by atoms with Gasteiger partial charge in [0.15, 0.2) is 0 Å². The van der Waals surface area contributed by atoms with Gasteiger partial charge in [-0.05, 0) is 37.9 Å². The summed E-state index contributed by atoms with van der Waals surface area (Å²) in [5.41, 5.74) is 0.659. The zero-order valence-electron chi connectivity index (χ0n) is 13.8. The van der Waals surface area contributed by atoms with E-state index in [1.165, 1.54) is 0 Å². The number of halogens is 1. The average molecular weight is 359 g/mol. The molecule has 0 aliphatic carbocycles. The van der Waals surface area contributed by atoms with Gasteiger partial charge in [-0.2, -0.15) is 0 Å². The highest BCUT2D eigenvalue weighted by Gasteiger charge is 2.45. The van der Waals surface area contributed by atoms with Gasteiger partial charge in [-0.3, -0.25) is 9.36 Å². The Labute approximate surface area is 152 Å². The maximum Gasteiger partial charge on any atom is 0.261 e. The van der Waals surface area contributed by atoms with Gasteiger partial charge in [0.05, 0.1) is 28.9 Å². The third-order valence-corrected chi connectivity index (χ3v) is 5.58. The minimum Gasteiger partial charge on any atom is -0.392 e. The van der Waals surface area contributed by atoms with Crippen LogP contribution in [0.5, 0.6) is 0 Å². The lowest BCUT2D eigenvalue weighted by molar-refractivity contribution is 0.0859. The first-order valence-electron chi connectivity index (χ1n) is 8.58. The first kappa shape index (κ1) is 17.0. The molecule has 3 N–H and O–H groups in total. The predicted octanol–water partition coefficient (Wildman–Crippen LogP) is -0.311. The second-order valence-corrected chi connectivity index (χ2v) is 7.58. The molecule has 2 saturated heterocycles. The van der Waals surface area contributed by atoms with Crippen LogP contribution in [0.4, 0.5) is 0 Å². The molecule has 2 aromatic rings. The highest BCUT2D eigenvalue weighted by atomic mass is 35.5. The Bertz CT molecular complexity index is 868. The molecule has 2 radical (unpaired) electrons. The zero-order chi connectivity index (χ0) is 17.6. The molecule has 3 heterocycles. The lowest BCUT2D eigenvalue weighted by Gasteiger charge is -2.31. The minimum atomic E-state index is -0.332. The van der Waals surface area contributed by atoms with Crippen LogP contribution in [-0.2, 0) is 6.54 Å². The number of aliphatic hydroxyl groups is 1. The molecular formula is C17H20BClN4O2. The smallest absolute Gasteiger partial charge is 0.261 e. The van der Waals surface area contributed by atoms with E-state index in [2.05, 4.69) is 15.6 Å². The number of piperidine rings is 1. The third kappa shape index (κ3) is 3.34.